The van der Waals surface area contributed by atoms with Gasteiger partial charge in [-0.15, -0.1) is 0 Å². The molecule has 1 saturated heterocycles. The van der Waals surface area contributed by atoms with Crippen molar-refractivity contribution in [3.05, 3.63) is 29.8 Å². The predicted octanol–water partition coefficient (Wildman–Crippen LogP) is 1.61. The number of ether oxygens (including phenoxy) is 1. The van der Waals surface area contributed by atoms with E-state index in [0.717, 1.165) is 24.2 Å². The average molecular weight is 362 g/mol. The lowest BCUT2D eigenvalue weighted by molar-refractivity contribution is -0.119. The molecule has 1 aromatic rings. The number of amides is 3. The molecule has 0 spiro atoms. The van der Waals surface area contributed by atoms with Crippen LogP contribution in [0, 0.1) is 0 Å². The number of likely N-dealkylation sites (N-methyl/N-ethyl adjacent to an activating group) is 1. The van der Waals surface area contributed by atoms with Crippen LogP contribution in [0.15, 0.2) is 24.3 Å². The molecule has 0 aromatic heterocycles. The van der Waals surface area contributed by atoms with Crippen LogP contribution in [0.4, 0.5) is 4.79 Å². The number of likely N-dealkylation sites (tertiary alicyclic amines) is 1. The van der Waals surface area contributed by atoms with Crippen molar-refractivity contribution in [3.8, 4) is 5.75 Å². The maximum Gasteiger partial charge on any atom is 0.317 e. The minimum atomic E-state index is -0.0956. The van der Waals surface area contributed by atoms with E-state index in [9.17, 15) is 9.59 Å². The molecule has 2 rings (SSSR count). The number of carbonyl (C=O) groups is 2. The fraction of sp³-hybridized carbons (Fsp3) is 0.579. The number of piperidine rings is 1. The summed E-state index contributed by atoms with van der Waals surface area (Å²) in [5.74, 6) is 0.755. The SMILES string of the molecule is COc1ccccc1C(CNC(=O)N1CCCC(NC(C)=O)C1)N(C)C. The van der Waals surface area contributed by atoms with Gasteiger partial charge in [0.05, 0.1) is 13.2 Å². The van der Waals surface area contributed by atoms with Gasteiger partial charge in [-0.3, -0.25) is 4.79 Å². The van der Waals surface area contributed by atoms with Crippen molar-refractivity contribution < 1.29 is 14.3 Å². The maximum atomic E-state index is 12.6. The Bertz CT molecular complexity index is 621. The van der Waals surface area contributed by atoms with Crippen LogP contribution < -0.4 is 15.4 Å². The zero-order chi connectivity index (χ0) is 19.1. The van der Waals surface area contributed by atoms with E-state index in [1.807, 2.05) is 38.4 Å². The standard InChI is InChI=1S/C19H30N4O3/c1-14(24)21-15-8-7-11-23(13-15)19(25)20-12-17(22(2)3)16-9-5-6-10-18(16)26-4/h5-6,9-10,15,17H,7-8,11-13H2,1-4H3,(H,20,25)(H,21,24). The van der Waals surface area contributed by atoms with Gasteiger partial charge < -0.3 is 25.2 Å². The zero-order valence-corrected chi connectivity index (χ0v) is 16.1. The number of hydrogen-bond donors (Lipinski definition) is 2. The highest BCUT2D eigenvalue weighted by Crippen LogP contribution is 2.27. The summed E-state index contributed by atoms with van der Waals surface area (Å²) < 4.78 is 5.46. The molecule has 7 nitrogen and oxygen atoms in total. The number of nitrogens with one attached hydrogen (secondary N) is 2. The summed E-state index contributed by atoms with van der Waals surface area (Å²) >= 11 is 0. The Morgan fingerprint density at radius 1 is 1.35 bits per heavy atom. The van der Waals surface area contributed by atoms with E-state index >= 15 is 0 Å². The molecule has 1 heterocycles. The van der Waals surface area contributed by atoms with Gasteiger partial charge >= 0.3 is 6.03 Å². The summed E-state index contributed by atoms with van der Waals surface area (Å²) in [6.07, 6.45) is 1.80. The van der Waals surface area contributed by atoms with Crippen LogP contribution in [0.1, 0.15) is 31.4 Å². The third kappa shape index (κ3) is 5.36. The Labute approximate surface area is 155 Å². The average Bonchev–Trinajstić information content (AvgIpc) is 2.61. The van der Waals surface area contributed by atoms with E-state index in [4.69, 9.17) is 4.74 Å². The van der Waals surface area contributed by atoms with Gasteiger partial charge in [-0.1, -0.05) is 18.2 Å². The van der Waals surface area contributed by atoms with Gasteiger partial charge in [0, 0.05) is 38.2 Å². The molecule has 1 aliphatic heterocycles. The van der Waals surface area contributed by atoms with E-state index in [0.29, 0.717) is 19.6 Å². The number of nitrogens with zero attached hydrogens (tertiary/aromatic N) is 2. The first-order valence-corrected chi connectivity index (χ1v) is 9.01. The second kappa shape index (κ2) is 9.43. The molecule has 26 heavy (non-hydrogen) atoms. The lowest BCUT2D eigenvalue weighted by Crippen LogP contribution is -2.52. The van der Waals surface area contributed by atoms with Gasteiger partial charge in [-0.05, 0) is 33.0 Å². The Morgan fingerprint density at radius 2 is 2.08 bits per heavy atom. The summed E-state index contributed by atoms with van der Waals surface area (Å²) in [5, 5.41) is 5.94. The fourth-order valence-corrected chi connectivity index (χ4v) is 3.38. The molecule has 2 unspecified atom stereocenters. The van der Waals surface area contributed by atoms with Crippen molar-refractivity contribution in [2.75, 3.05) is 40.8 Å². The molecule has 2 atom stereocenters. The van der Waals surface area contributed by atoms with Gasteiger partial charge in [-0.25, -0.2) is 4.79 Å². The van der Waals surface area contributed by atoms with E-state index < -0.39 is 0 Å². The van der Waals surface area contributed by atoms with Crippen molar-refractivity contribution >= 4 is 11.9 Å². The summed E-state index contributed by atoms with van der Waals surface area (Å²) in [6, 6.07) is 7.79. The minimum Gasteiger partial charge on any atom is -0.496 e. The summed E-state index contributed by atoms with van der Waals surface area (Å²) in [4.78, 5) is 27.7. The number of benzene rings is 1. The Morgan fingerprint density at radius 3 is 2.73 bits per heavy atom. The number of carbonyl (C=O) groups excluding carboxylic acids is 2. The topological polar surface area (TPSA) is 73.9 Å². The number of para-hydroxylation sites is 1. The molecule has 3 amide bonds. The second-order valence-corrected chi connectivity index (χ2v) is 6.89. The van der Waals surface area contributed by atoms with E-state index in [2.05, 4.69) is 15.5 Å². The molecular weight excluding hydrogens is 332 g/mol. The van der Waals surface area contributed by atoms with Gasteiger partial charge in [0.25, 0.3) is 0 Å². The Balaban J connectivity index is 1.98. The molecule has 1 fully saturated rings. The zero-order valence-electron chi connectivity index (χ0n) is 16.1. The molecule has 0 bridgehead atoms. The molecular formula is C19H30N4O3. The first kappa shape index (κ1) is 20.0. The fourth-order valence-electron chi connectivity index (χ4n) is 3.38. The Hall–Kier alpha value is -2.28. The van der Waals surface area contributed by atoms with Gasteiger partial charge in [0.2, 0.25) is 5.91 Å². The quantitative estimate of drug-likeness (QED) is 0.806. The van der Waals surface area contributed by atoms with Crippen LogP contribution in [-0.2, 0) is 4.79 Å². The number of rotatable bonds is 6. The maximum absolute atomic E-state index is 12.6. The van der Waals surface area contributed by atoms with Gasteiger partial charge in [0.15, 0.2) is 0 Å². The summed E-state index contributed by atoms with van der Waals surface area (Å²) in [6.45, 7) is 3.25. The summed E-state index contributed by atoms with van der Waals surface area (Å²) in [5.41, 5.74) is 1.04. The molecule has 2 N–H and O–H groups in total. The van der Waals surface area contributed by atoms with E-state index in [1.165, 1.54) is 6.92 Å². The number of methoxy groups -OCH3 is 1. The molecule has 1 aliphatic rings. The Kier molecular flexibility index (Phi) is 7.26. The highest BCUT2D eigenvalue weighted by atomic mass is 16.5. The third-order valence-electron chi connectivity index (χ3n) is 4.68. The van der Waals surface area contributed by atoms with Crippen LogP contribution in [0.5, 0.6) is 5.75 Å². The monoisotopic (exact) mass is 362 g/mol. The van der Waals surface area contributed by atoms with Crippen molar-refractivity contribution in [2.45, 2.75) is 31.8 Å². The second-order valence-electron chi connectivity index (χ2n) is 6.89. The van der Waals surface area contributed by atoms with Crippen molar-refractivity contribution in [1.29, 1.82) is 0 Å². The lowest BCUT2D eigenvalue weighted by atomic mass is 10.0. The van der Waals surface area contributed by atoms with Crippen molar-refractivity contribution in [3.63, 3.8) is 0 Å². The summed E-state index contributed by atoms with van der Waals surface area (Å²) in [7, 11) is 5.62. The minimum absolute atomic E-state index is 0.00559. The number of hydrogen-bond acceptors (Lipinski definition) is 4. The first-order valence-electron chi connectivity index (χ1n) is 9.01. The smallest absolute Gasteiger partial charge is 0.317 e. The normalized spacial score (nSPS) is 18.3. The van der Waals surface area contributed by atoms with Crippen LogP contribution in [0.2, 0.25) is 0 Å². The predicted molar refractivity (Wildman–Crippen MR) is 101 cm³/mol. The van der Waals surface area contributed by atoms with E-state index in [1.54, 1.807) is 12.0 Å². The first-order chi connectivity index (χ1) is 12.4. The highest BCUT2D eigenvalue weighted by molar-refractivity contribution is 5.75. The van der Waals surface area contributed by atoms with Crippen LogP contribution in [-0.4, -0.2) is 68.6 Å². The molecule has 144 valence electrons. The third-order valence-corrected chi connectivity index (χ3v) is 4.68. The van der Waals surface area contributed by atoms with Crippen LogP contribution >= 0.6 is 0 Å². The highest BCUT2D eigenvalue weighted by Gasteiger charge is 2.25. The molecule has 0 radical (unpaired) electrons. The molecule has 7 heteroatoms. The molecule has 0 saturated carbocycles. The van der Waals surface area contributed by atoms with Crippen LogP contribution in [0.3, 0.4) is 0 Å². The lowest BCUT2D eigenvalue weighted by Gasteiger charge is -2.34. The largest absolute Gasteiger partial charge is 0.496 e. The molecule has 1 aromatic carbocycles. The number of urea groups is 1. The van der Waals surface area contributed by atoms with Crippen LogP contribution in [0.25, 0.3) is 0 Å². The van der Waals surface area contributed by atoms with Gasteiger partial charge in [0.1, 0.15) is 5.75 Å². The van der Waals surface area contributed by atoms with E-state index in [-0.39, 0.29) is 24.0 Å². The molecule has 0 aliphatic carbocycles. The van der Waals surface area contributed by atoms with Gasteiger partial charge in [-0.2, -0.15) is 0 Å². The van der Waals surface area contributed by atoms with Crippen molar-refractivity contribution in [1.82, 2.24) is 20.4 Å². The van der Waals surface area contributed by atoms with Crippen molar-refractivity contribution in [2.24, 2.45) is 0 Å².